The second-order valence-electron chi connectivity index (χ2n) is 4.20. The number of alkyl halides is 1. The zero-order valence-electron chi connectivity index (χ0n) is 12.8. The molecule has 21 heavy (non-hydrogen) atoms. The van der Waals surface area contributed by atoms with Crippen LogP contribution in [0, 0.1) is 0 Å². The zero-order chi connectivity index (χ0) is 14.8. The largest absolute Gasteiger partial charge is 1.00 e. The second kappa shape index (κ2) is 15.2. The molecule has 0 amide bonds. The van der Waals surface area contributed by atoms with E-state index in [0.29, 0.717) is 6.42 Å². The molecular weight excluding hydrogens is 303 g/mol. The van der Waals surface area contributed by atoms with Crippen molar-refractivity contribution in [1.29, 1.82) is 0 Å². The van der Waals surface area contributed by atoms with Crippen molar-refractivity contribution >= 4 is 17.8 Å². The Morgan fingerprint density at radius 1 is 1.19 bits per heavy atom. The zero-order valence-corrected chi connectivity index (χ0v) is 16.8. The van der Waals surface area contributed by atoms with Gasteiger partial charge >= 0.3 is 65.1 Å². The third-order valence-corrected chi connectivity index (χ3v) is 2.52. The van der Waals surface area contributed by atoms with Crippen LogP contribution in [0.4, 0.5) is 4.39 Å². The molecule has 0 bridgehead atoms. The van der Waals surface area contributed by atoms with Crippen LogP contribution < -0.4 is 69.3 Å². The quantitative estimate of drug-likeness (QED) is 0.186. The maximum absolute atomic E-state index is 13.4. The molecule has 0 fully saturated rings. The molecule has 0 aromatic rings. The summed E-state index contributed by atoms with van der Waals surface area (Å²) in [5, 5.41) is 30.3. The summed E-state index contributed by atoms with van der Waals surface area (Å²) in [7, 11) is 0. The van der Waals surface area contributed by atoms with E-state index in [0.717, 1.165) is 12.8 Å². The van der Waals surface area contributed by atoms with E-state index in [4.69, 9.17) is 5.11 Å². The minimum Gasteiger partial charge on any atom is -0.860 e. The Bertz CT molecular complexity index is 342. The Hall–Kier alpha value is 0.340. The van der Waals surface area contributed by atoms with E-state index in [1.165, 1.54) is 0 Å². The maximum atomic E-state index is 13.4. The van der Waals surface area contributed by atoms with Gasteiger partial charge in [0.2, 0.25) is 0 Å². The third kappa shape index (κ3) is 13.7. The second-order valence-corrected chi connectivity index (χ2v) is 4.20. The number of hydrogen-bond acceptors (Lipinski definition) is 5. The fourth-order valence-corrected chi connectivity index (χ4v) is 1.43. The van der Waals surface area contributed by atoms with Crippen LogP contribution in [0.1, 0.15) is 45.4 Å². The monoisotopic (exact) mass is 321 g/mol. The molecule has 0 heterocycles. The SMILES string of the molecule is CCCCCC(F)C([O-])=N[C@@H](CCC(=O)[O-])C(=O)O.[Na+].[Na+]. The Kier molecular flexibility index (Phi) is 19.1. The van der Waals surface area contributed by atoms with Crippen LogP contribution in [0.2, 0.25) is 0 Å². The Labute approximate surface area is 167 Å². The molecule has 1 N–H and O–H groups in total. The van der Waals surface area contributed by atoms with E-state index < -0.39 is 36.5 Å². The van der Waals surface area contributed by atoms with E-state index in [1.54, 1.807) is 0 Å². The van der Waals surface area contributed by atoms with Gasteiger partial charge in [0.1, 0.15) is 12.2 Å². The van der Waals surface area contributed by atoms with Crippen molar-refractivity contribution in [2.75, 3.05) is 0 Å². The van der Waals surface area contributed by atoms with E-state index in [2.05, 4.69) is 4.99 Å². The molecule has 0 rings (SSSR count). The van der Waals surface area contributed by atoms with Gasteiger partial charge in [0.05, 0.1) is 0 Å². The van der Waals surface area contributed by atoms with Crippen molar-refractivity contribution in [3.63, 3.8) is 0 Å². The summed E-state index contributed by atoms with van der Waals surface area (Å²) < 4.78 is 13.4. The number of hydrogen-bond donors (Lipinski definition) is 1. The smallest absolute Gasteiger partial charge is 0.860 e. The standard InChI is InChI=1S/C12H20FNO5.2Na/c1-2-3-4-5-8(13)11(17)14-9(12(18)19)6-7-10(15)16;;/h8-9H,2-7H2,1H3,(H,14,17)(H,15,16)(H,18,19);;/q;2*+1/p-2/t8?,9-;;/m0../s1. The van der Waals surface area contributed by atoms with Crippen LogP contribution in [0.5, 0.6) is 0 Å². The van der Waals surface area contributed by atoms with Gasteiger partial charge in [-0.05, 0) is 25.2 Å². The number of carboxylic acid groups (broad SMARTS) is 2. The minimum absolute atomic E-state index is 0. The third-order valence-electron chi connectivity index (χ3n) is 2.52. The molecule has 0 saturated heterocycles. The number of nitrogens with zero attached hydrogens (tertiary/aromatic N) is 1. The number of carbonyl (C=O) groups excluding carboxylic acids is 1. The average Bonchev–Trinajstić information content (AvgIpc) is 2.33. The van der Waals surface area contributed by atoms with Gasteiger partial charge in [-0.2, -0.15) is 0 Å². The average molecular weight is 321 g/mol. The summed E-state index contributed by atoms with van der Waals surface area (Å²) in [5.74, 6) is -4.02. The molecule has 0 saturated carbocycles. The molecule has 1 unspecified atom stereocenters. The predicted octanol–water partition coefficient (Wildman–Crippen LogP) is -6.35. The molecule has 0 aromatic carbocycles. The predicted molar refractivity (Wildman–Crippen MR) is 62.1 cm³/mol. The summed E-state index contributed by atoms with van der Waals surface area (Å²) in [5.41, 5.74) is 0. The first-order valence-electron chi connectivity index (χ1n) is 6.19. The Morgan fingerprint density at radius 2 is 1.76 bits per heavy atom. The number of carbonyl (C=O) groups is 2. The molecule has 0 spiro atoms. The first kappa shape index (κ1) is 26.2. The van der Waals surface area contributed by atoms with Gasteiger partial charge in [0, 0.05) is 5.97 Å². The number of unbranched alkanes of at least 4 members (excludes halogenated alkanes) is 2. The number of carboxylic acids is 2. The first-order chi connectivity index (χ1) is 8.88. The van der Waals surface area contributed by atoms with Crippen molar-refractivity contribution in [3.05, 3.63) is 0 Å². The summed E-state index contributed by atoms with van der Waals surface area (Å²) in [6.45, 7) is 1.93. The fourth-order valence-electron chi connectivity index (χ4n) is 1.43. The normalized spacial score (nSPS) is 13.5. The summed E-state index contributed by atoms with van der Waals surface area (Å²) in [6.07, 6.45) is -0.566. The van der Waals surface area contributed by atoms with Gasteiger partial charge in [-0.3, -0.25) is 4.99 Å². The van der Waals surface area contributed by atoms with Gasteiger partial charge in [-0.1, -0.05) is 26.2 Å². The molecule has 0 aliphatic rings. The van der Waals surface area contributed by atoms with E-state index in [9.17, 15) is 24.2 Å². The van der Waals surface area contributed by atoms with Crippen molar-refractivity contribution in [2.45, 2.75) is 57.7 Å². The van der Waals surface area contributed by atoms with Gasteiger partial charge in [0.25, 0.3) is 0 Å². The van der Waals surface area contributed by atoms with Crippen molar-refractivity contribution < 1.29 is 88.4 Å². The maximum Gasteiger partial charge on any atom is 1.00 e. The molecule has 0 aromatic heterocycles. The van der Waals surface area contributed by atoms with Crippen molar-refractivity contribution in [1.82, 2.24) is 0 Å². The molecular formula is C12H18FNNa2O5. The van der Waals surface area contributed by atoms with E-state index in [-0.39, 0.29) is 72.0 Å². The van der Waals surface area contributed by atoms with E-state index in [1.807, 2.05) is 6.92 Å². The number of aliphatic imine (C=N–C) groups is 1. The summed E-state index contributed by atoms with van der Waals surface area (Å²) in [6, 6.07) is -1.53. The molecule has 0 aliphatic heterocycles. The van der Waals surface area contributed by atoms with Crippen molar-refractivity contribution in [3.8, 4) is 0 Å². The molecule has 2 atom stereocenters. The summed E-state index contributed by atoms with van der Waals surface area (Å²) >= 11 is 0. The van der Waals surface area contributed by atoms with Crippen molar-refractivity contribution in [2.24, 2.45) is 4.99 Å². The molecule has 0 aliphatic carbocycles. The van der Waals surface area contributed by atoms with Gasteiger partial charge in [-0.25, -0.2) is 9.18 Å². The van der Waals surface area contributed by atoms with Crippen LogP contribution in [0.3, 0.4) is 0 Å². The van der Waals surface area contributed by atoms with Gasteiger partial charge in [-0.15, -0.1) is 0 Å². The van der Waals surface area contributed by atoms with Crippen LogP contribution in [0.15, 0.2) is 4.99 Å². The molecule has 9 heteroatoms. The fraction of sp³-hybridized carbons (Fsp3) is 0.750. The van der Waals surface area contributed by atoms with Crippen LogP contribution in [0.25, 0.3) is 0 Å². The number of halogens is 1. The minimum atomic E-state index is -1.82. The number of aliphatic carboxylic acids is 2. The molecule has 6 nitrogen and oxygen atoms in total. The molecule has 0 radical (unpaired) electrons. The van der Waals surface area contributed by atoms with Crippen LogP contribution in [-0.2, 0) is 9.59 Å². The van der Waals surface area contributed by atoms with Crippen LogP contribution >= 0.6 is 0 Å². The van der Waals surface area contributed by atoms with Gasteiger partial charge in [0.15, 0.2) is 0 Å². The molecule has 110 valence electrons. The first-order valence-corrected chi connectivity index (χ1v) is 6.19. The van der Waals surface area contributed by atoms with Crippen LogP contribution in [-0.4, -0.2) is 35.2 Å². The Morgan fingerprint density at radius 3 is 2.19 bits per heavy atom. The topological polar surface area (TPSA) is 113 Å². The number of rotatable bonds is 10. The summed E-state index contributed by atoms with van der Waals surface area (Å²) in [4.78, 5) is 24.2. The van der Waals surface area contributed by atoms with Gasteiger partial charge < -0.3 is 20.1 Å². The Balaban J connectivity index is -0.00000162. The van der Waals surface area contributed by atoms with E-state index >= 15 is 0 Å².